The number of benzene rings is 1. The first-order chi connectivity index (χ1) is 13.2. The highest BCUT2D eigenvalue weighted by atomic mass is 19.1. The largest absolute Gasteiger partial charge is 0.365 e. The highest BCUT2D eigenvalue weighted by Crippen LogP contribution is 2.25. The number of rotatable bonds is 3. The second kappa shape index (κ2) is 6.11. The molecule has 1 aliphatic heterocycles. The second-order valence-corrected chi connectivity index (χ2v) is 6.69. The molecule has 1 aliphatic rings. The van der Waals surface area contributed by atoms with Gasteiger partial charge in [-0.15, -0.1) is 10.2 Å². The number of hydrogen-bond donors (Lipinski definition) is 1. The van der Waals surface area contributed by atoms with E-state index in [2.05, 4.69) is 35.1 Å². The van der Waals surface area contributed by atoms with Crippen molar-refractivity contribution in [2.24, 2.45) is 0 Å². The van der Waals surface area contributed by atoms with Crippen LogP contribution in [0.1, 0.15) is 17.9 Å². The normalized spacial score (nSPS) is 16.4. The van der Waals surface area contributed by atoms with E-state index in [0.29, 0.717) is 12.3 Å². The van der Waals surface area contributed by atoms with E-state index in [9.17, 15) is 4.39 Å². The summed E-state index contributed by atoms with van der Waals surface area (Å²) < 4.78 is 17.0. The third-order valence-corrected chi connectivity index (χ3v) is 4.78. The molecule has 0 unspecified atom stereocenters. The molecule has 0 saturated carbocycles. The van der Waals surface area contributed by atoms with Crippen molar-refractivity contribution in [3.05, 3.63) is 54.0 Å². The lowest BCUT2D eigenvalue weighted by Gasteiger charge is -2.26. The van der Waals surface area contributed by atoms with E-state index in [1.165, 1.54) is 18.5 Å². The molecule has 1 N–H and O–H groups in total. The molecule has 1 atom stereocenters. The summed E-state index contributed by atoms with van der Waals surface area (Å²) in [5.74, 6) is 2.88. The molecular weight excluding hydrogens is 347 g/mol. The van der Waals surface area contributed by atoms with Crippen molar-refractivity contribution in [2.75, 3.05) is 5.32 Å². The Morgan fingerprint density at radius 3 is 2.89 bits per heavy atom. The van der Waals surface area contributed by atoms with E-state index in [-0.39, 0.29) is 11.9 Å². The van der Waals surface area contributed by atoms with Gasteiger partial charge in [0.05, 0.1) is 0 Å². The summed E-state index contributed by atoms with van der Waals surface area (Å²) in [6.45, 7) is 2.65. The maximum atomic E-state index is 13.2. The SMILES string of the molecule is Cc1cc(N[C@H]2CCc3nnc(-c4ccc(F)cc4)n3C2)n2ncnc2n1. The Labute approximate surface area is 154 Å². The van der Waals surface area contributed by atoms with Crippen molar-refractivity contribution >= 4 is 11.6 Å². The van der Waals surface area contributed by atoms with E-state index >= 15 is 0 Å². The first kappa shape index (κ1) is 15.9. The first-order valence-corrected chi connectivity index (χ1v) is 8.79. The molecular formula is C18H17FN8. The Morgan fingerprint density at radius 2 is 2.04 bits per heavy atom. The van der Waals surface area contributed by atoms with Crippen LogP contribution in [-0.2, 0) is 13.0 Å². The molecule has 9 heteroatoms. The number of hydrogen-bond acceptors (Lipinski definition) is 6. The summed E-state index contributed by atoms with van der Waals surface area (Å²) in [6.07, 6.45) is 3.24. The van der Waals surface area contributed by atoms with Crippen LogP contribution in [0.4, 0.5) is 10.2 Å². The minimum Gasteiger partial charge on any atom is -0.365 e. The fourth-order valence-electron chi connectivity index (χ4n) is 3.50. The van der Waals surface area contributed by atoms with Gasteiger partial charge in [0.15, 0.2) is 5.82 Å². The van der Waals surface area contributed by atoms with Gasteiger partial charge in [-0.1, -0.05) is 0 Å². The molecule has 0 saturated heterocycles. The van der Waals surface area contributed by atoms with Crippen LogP contribution < -0.4 is 5.32 Å². The molecule has 136 valence electrons. The molecule has 4 aromatic rings. The molecule has 0 fully saturated rings. The topological polar surface area (TPSA) is 85.8 Å². The van der Waals surface area contributed by atoms with Gasteiger partial charge in [-0.3, -0.25) is 0 Å². The predicted molar refractivity (Wildman–Crippen MR) is 96.7 cm³/mol. The van der Waals surface area contributed by atoms with E-state index in [4.69, 9.17) is 0 Å². The highest BCUT2D eigenvalue weighted by molar-refractivity contribution is 5.55. The second-order valence-electron chi connectivity index (χ2n) is 6.69. The molecule has 0 radical (unpaired) electrons. The zero-order valence-corrected chi connectivity index (χ0v) is 14.7. The molecule has 1 aromatic carbocycles. The Morgan fingerprint density at radius 1 is 1.19 bits per heavy atom. The van der Waals surface area contributed by atoms with Crippen molar-refractivity contribution in [3.63, 3.8) is 0 Å². The van der Waals surface area contributed by atoms with Crippen LogP contribution in [0.25, 0.3) is 17.2 Å². The number of halogens is 1. The Hall–Kier alpha value is -3.36. The first-order valence-electron chi connectivity index (χ1n) is 8.79. The van der Waals surface area contributed by atoms with Gasteiger partial charge in [-0.25, -0.2) is 9.37 Å². The van der Waals surface area contributed by atoms with E-state index in [1.54, 1.807) is 16.6 Å². The number of aryl methyl sites for hydroxylation is 2. The smallest absolute Gasteiger partial charge is 0.254 e. The van der Waals surface area contributed by atoms with Crippen LogP contribution in [0.5, 0.6) is 0 Å². The van der Waals surface area contributed by atoms with Crippen molar-refractivity contribution < 1.29 is 4.39 Å². The molecule has 0 spiro atoms. The number of aromatic nitrogens is 7. The van der Waals surface area contributed by atoms with E-state index in [1.807, 2.05) is 13.0 Å². The Kier molecular flexibility index (Phi) is 3.59. The lowest BCUT2D eigenvalue weighted by molar-refractivity contribution is 0.477. The summed E-state index contributed by atoms with van der Waals surface area (Å²) in [6, 6.07) is 8.49. The fraction of sp³-hybridized carbons (Fsp3) is 0.278. The van der Waals surface area contributed by atoms with Crippen LogP contribution in [0.15, 0.2) is 36.7 Å². The van der Waals surface area contributed by atoms with Crippen LogP contribution in [-0.4, -0.2) is 40.4 Å². The van der Waals surface area contributed by atoms with Gasteiger partial charge in [0.2, 0.25) is 0 Å². The quantitative estimate of drug-likeness (QED) is 0.600. The van der Waals surface area contributed by atoms with Crippen LogP contribution in [0.3, 0.4) is 0 Å². The van der Waals surface area contributed by atoms with Gasteiger partial charge in [-0.2, -0.15) is 14.6 Å². The third-order valence-electron chi connectivity index (χ3n) is 4.78. The lowest BCUT2D eigenvalue weighted by atomic mass is 10.1. The summed E-state index contributed by atoms with van der Waals surface area (Å²) in [5.41, 5.74) is 1.74. The Bertz CT molecular complexity index is 1110. The van der Waals surface area contributed by atoms with Crippen LogP contribution >= 0.6 is 0 Å². The average molecular weight is 364 g/mol. The standard InChI is InChI=1S/C18H17FN8/c1-11-8-16(27-18(22-11)20-10-21-27)23-14-6-7-15-24-25-17(26(15)9-14)12-2-4-13(19)5-3-12/h2-5,8,10,14,23H,6-7,9H2,1H3/t14-/m0/s1. The lowest BCUT2D eigenvalue weighted by Crippen LogP contribution is -2.32. The van der Waals surface area contributed by atoms with Crippen LogP contribution in [0, 0.1) is 12.7 Å². The van der Waals surface area contributed by atoms with Crippen LogP contribution in [0.2, 0.25) is 0 Å². The minimum absolute atomic E-state index is 0.182. The third kappa shape index (κ3) is 2.80. The minimum atomic E-state index is -0.262. The Balaban J connectivity index is 1.45. The zero-order valence-electron chi connectivity index (χ0n) is 14.7. The summed E-state index contributed by atoms with van der Waals surface area (Å²) in [4.78, 5) is 8.54. The molecule has 4 heterocycles. The van der Waals surface area contributed by atoms with Gasteiger partial charge in [0.1, 0.15) is 23.8 Å². The van der Waals surface area contributed by atoms with Crippen molar-refractivity contribution in [2.45, 2.75) is 32.4 Å². The van der Waals surface area contributed by atoms with Gasteiger partial charge in [-0.05, 0) is 37.6 Å². The van der Waals surface area contributed by atoms with Gasteiger partial charge in [0.25, 0.3) is 5.78 Å². The van der Waals surface area contributed by atoms with Gasteiger partial charge < -0.3 is 9.88 Å². The van der Waals surface area contributed by atoms with E-state index < -0.39 is 0 Å². The number of anilines is 1. The number of nitrogens with zero attached hydrogens (tertiary/aromatic N) is 7. The number of fused-ring (bicyclic) bond motifs is 2. The summed E-state index contributed by atoms with van der Waals surface area (Å²) in [5, 5.41) is 16.4. The van der Waals surface area contributed by atoms with E-state index in [0.717, 1.165) is 41.6 Å². The molecule has 3 aromatic heterocycles. The molecule has 27 heavy (non-hydrogen) atoms. The molecule has 8 nitrogen and oxygen atoms in total. The predicted octanol–water partition coefficient (Wildman–Crippen LogP) is 2.26. The molecule has 0 amide bonds. The van der Waals surface area contributed by atoms with Crippen molar-refractivity contribution in [1.29, 1.82) is 0 Å². The van der Waals surface area contributed by atoms with Gasteiger partial charge >= 0.3 is 0 Å². The monoisotopic (exact) mass is 364 g/mol. The zero-order chi connectivity index (χ0) is 18.4. The molecule has 5 rings (SSSR count). The fourth-order valence-corrected chi connectivity index (χ4v) is 3.50. The maximum Gasteiger partial charge on any atom is 0.254 e. The van der Waals surface area contributed by atoms with Crippen molar-refractivity contribution in [1.82, 2.24) is 34.3 Å². The molecule has 0 bridgehead atoms. The number of nitrogens with one attached hydrogen (secondary N) is 1. The van der Waals surface area contributed by atoms with Crippen molar-refractivity contribution in [3.8, 4) is 11.4 Å². The average Bonchev–Trinajstić information content (AvgIpc) is 3.29. The summed E-state index contributed by atoms with van der Waals surface area (Å²) >= 11 is 0. The highest BCUT2D eigenvalue weighted by Gasteiger charge is 2.24. The summed E-state index contributed by atoms with van der Waals surface area (Å²) in [7, 11) is 0. The molecule has 0 aliphatic carbocycles. The van der Waals surface area contributed by atoms with Gasteiger partial charge in [0, 0.05) is 36.3 Å². The maximum absolute atomic E-state index is 13.2.